The second-order valence-electron chi connectivity index (χ2n) is 6.05. The predicted octanol–water partition coefficient (Wildman–Crippen LogP) is 2.23. The molecule has 1 aromatic carbocycles. The molecule has 0 radical (unpaired) electrons. The quantitative estimate of drug-likeness (QED) is 0.937. The largest absolute Gasteiger partial charge is 0.334 e. The van der Waals surface area contributed by atoms with Crippen molar-refractivity contribution in [2.24, 2.45) is 0 Å². The van der Waals surface area contributed by atoms with Crippen LogP contribution >= 0.6 is 0 Å². The molecule has 1 N–H and O–H groups in total. The van der Waals surface area contributed by atoms with Crippen LogP contribution in [0.1, 0.15) is 25.2 Å². The van der Waals surface area contributed by atoms with Crippen molar-refractivity contribution in [3.05, 3.63) is 35.7 Å². The van der Waals surface area contributed by atoms with Crippen LogP contribution in [0.3, 0.4) is 0 Å². The average molecular weight is 286 g/mol. The maximum absolute atomic E-state index is 5.40. The molecule has 21 heavy (non-hydrogen) atoms. The smallest absolute Gasteiger partial charge is 0.257 e. The number of aromatic nitrogens is 2. The van der Waals surface area contributed by atoms with E-state index in [1.807, 2.05) is 12.1 Å². The summed E-state index contributed by atoms with van der Waals surface area (Å²) in [7, 11) is 0. The zero-order valence-electron chi connectivity index (χ0n) is 12.8. The number of benzene rings is 1. The van der Waals surface area contributed by atoms with Crippen LogP contribution in [0.2, 0.25) is 0 Å². The summed E-state index contributed by atoms with van der Waals surface area (Å²) in [5.74, 6) is 1.36. The summed E-state index contributed by atoms with van der Waals surface area (Å²) in [6.07, 6.45) is 0. The van der Waals surface area contributed by atoms with Crippen molar-refractivity contribution in [3.63, 3.8) is 0 Å². The van der Waals surface area contributed by atoms with E-state index in [9.17, 15) is 0 Å². The second kappa shape index (κ2) is 5.95. The Morgan fingerprint density at radius 1 is 1.29 bits per heavy atom. The predicted molar refractivity (Wildman–Crippen MR) is 81.8 cm³/mol. The van der Waals surface area contributed by atoms with E-state index in [-0.39, 0.29) is 0 Å². The van der Waals surface area contributed by atoms with Gasteiger partial charge in [-0.1, -0.05) is 22.9 Å². The van der Waals surface area contributed by atoms with Crippen molar-refractivity contribution in [3.8, 4) is 11.5 Å². The fourth-order valence-electron chi connectivity index (χ4n) is 2.98. The SMILES string of the molecule is Cc1cccc(-c2nc(CN3CC(C)NC(C)C3)no2)c1. The van der Waals surface area contributed by atoms with Gasteiger partial charge >= 0.3 is 0 Å². The van der Waals surface area contributed by atoms with Gasteiger partial charge in [-0.2, -0.15) is 4.98 Å². The molecular weight excluding hydrogens is 264 g/mol. The summed E-state index contributed by atoms with van der Waals surface area (Å²) in [5.41, 5.74) is 2.17. The molecule has 1 aliphatic heterocycles. The number of aryl methyl sites for hydroxylation is 1. The van der Waals surface area contributed by atoms with Gasteiger partial charge < -0.3 is 9.84 Å². The van der Waals surface area contributed by atoms with Gasteiger partial charge in [0.15, 0.2) is 5.82 Å². The molecule has 0 aliphatic carbocycles. The number of piperazine rings is 1. The molecule has 1 aromatic heterocycles. The lowest BCUT2D eigenvalue weighted by Crippen LogP contribution is -2.53. The minimum Gasteiger partial charge on any atom is -0.334 e. The topological polar surface area (TPSA) is 54.2 Å². The maximum Gasteiger partial charge on any atom is 0.257 e. The molecule has 2 atom stereocenters. The van der Waals surface area contributed by atoms with Gasteiger partial charge in [-0.05, 0) is 32.9 Å². The molecule has 5 nitrogen and oxygen atoms in total. The van der Waals surface area contributed by atoms with Crippen molar-refractivity contribution in [2.75, 3.05) is 13.1 Å². The molecule has 2 unspecified atom stereocenters. The van der Waals surface area contributed by atoms with Gasteiger partial charge in [0.1, 0.15) is 0 Å². The zero-order chi connectivity index (χ0) is 14.8. The van der Waals surface area contributed by atoms with Gasteiger partial charge in [0, 0.05) is 30.7 Å². The normalized spacial score (nSPS) is 23.4. The van der Waals surface area contributed by atoms with Gasteiger partial charge in [-0.3, -0.25) is 4.90 Å². The van der Waals surface area contributed by atoms with E-state index in [0.29, 0.717) is 18.0 Å². The van der Waals surface area contributed by atoms with E-state index in [1.165, 1.54) is 5.56 Å². The first kappa shape index (κ1) is 14.2. The summed E-state index contributed by atoms with van der Waals surface area (Å²) < 4.78 is 5.40. The molecule has 0 amide bonds. The molecule has 1 fully saturated rings. The molecule has 1 aliphatic rings. The molecule has 0 bridgehead atoms. The molecule has 5 heteroatoms. The number of hydrogen-bond donors (Lipinski definition) is 1. The maximum atomic E-state index is 5.40. The lowest BCUT2D eigenvalue weighted by atomic mass is 10.1. The molecule has 112 valence electrons. The molecule has 0 saturated carbocycles. The monoisotopic (exact) mass is 286 g/mol. The minimum atomic E-state index is 0.497. The van der Waals surface area contributed by atoms with Crippen LogP contribution in [0.25, 0.3) is 11.5 Å². The van der Waals surface area contributed by atoms with E-state index in [2.05, 4.69) is 53.3 Å². The van der Waals surface area contributed by atoms with Crippen LogP contribution in [0.4, 0.5) is 0 Å². The molecular formula is C16H22N4O. The van der Waals surface area contributed by atoms with Crippen LogP contribution in [0.5, 0.6) is 0 Å². The first-order valence-electron chi connectivity index (χ1n) is 7.48. The third-order valence-corrected chi connectivity index (χ3v) is 3.73. The van der Waals surface area contributed by atoms with Crippen molar-refractivity contribution in [1.82, 2.24) is 20.4 Å². The highest BCUT2D eigenvalue weighted by atomic mass is 16.5. The van der Waals surface area contributed by atoms with Crippen molar-refractivity contribution >= 4 is 0 Å². The Balaban J connectivity index is 1.70. The van der Waals surface area contributed by atoms with Crippen LogP contribution in [-0.2, 0) is 6.54 Å². The Kier molecular flexibility index (Phi) is 4.03. The van der Waals surface area contributed by atoms with Crippen molar-refractivity contribution < 1.29 is 4.52 Å². The van der Waals surface area contributed by atoms with E-state index in [1.54, 1.807) is 0 Å². The Morgan fingerprint density at radius 2 is 2.05 bits per heavy atom. The van der Waals surface area contributed by atoms with E-state index in [4.69, 9.17) is 4.52 Å². The Hall–Kier alpha value is -1.72. The van der Waals surface area contributed by atoms with Gasteiger partial charge in [0.2, 0.25) is 0 Å². The first-order chi connectivity index (χ1) is 10.1. The average Bonchev–Trinajstić information content (AvgIpc) is 2.86. The highest BCUT2D eigenvalue weighted by Crippen LogP contribution is 2.19. The van der Waals surface area contributed by atoms with Crippen molar-refractivity contribution in [1.29, 1.82) is 0 Å². The Morgan fingerprint density at radius 3 is 2.76 bits per heavy atom. The molecule has 0 spiro atoms. The summed E-state index contributed by atoms with van der Waals surface area (Å²) >= 11 is 0. The summed E-state index contributed by atoms with van der Waals surface area (Å²) in [4.78, 5) is 6.90. The third kappa shape index (κ3) is 3.49. The summed E-state index contributed by atoms with van der Waals surface area (Å²) in [6, 6.07) is 9.12. The highest BCUT2D eigenvalue weighted by molar-refractivity contribution is 5.53. The first-order valence-corrected chi connectivity index (χ1v) is 7.48. The van der Waals surface area contributed by atoms with Crippen molar-refractivity contribution in [2.45, 2.75) is 39.4 Å². The van der Waals surface area contributed by atoms with Gasteiger partial charge in [-0.25, -0.2) is 0 Å². The number of hydrogen-bond acceptors (Lipinski definition) is 5. The Labute approximate surface area is 125 Å². The lowest BCUT2D eigenvalue weighted by Gasteiger charge is -2.35. The van der Waals surface area contributed by atoms with Crippen LogP contribution in [0, 0.1) is 6.92 Å². The highest BCUT2D eigenvalue weighted by Gasteiger charge is 2.22. The fraction of sp³-hybridized carbons (Fsp3) is 0.500. The summed E-state index contributed by atoms with van der Waals surface area (Å²) in [5, 5.41) is 7.64. The van der Waals surface area contributed by atoms with E-state index < -0.39 is 0 Å². The van der Waals surface area contributed by atoms with Gasteiger partial charge in [-0.15, -0.1) is 0 Å². The number of rotatable bonds is 3. The van der Waals surface area contributed by atoms with E-state index in [0.717, 1.165) is 31.0 Å². The fourth-order valence-corrected chi connectivity index (χ4v) is 2.98. The number of nitrogens with zero attached hydrogens (tertiary/aromatic N) is 3. The molecule has 2 aromatic rings. The lowest BCUT2D eigenvalue weighted by molar-refractivity contribution is 0.161. The molecule has 2 heterocycles. The van der Waals surface area contributed by atoms with Crippen LogP contribution < -0.4 is 5.32 Å². The number of nitrogens with one attached hydrogen (secondary N) is 1. The minimum absolute atomic E-state index is 0.497. The van der Waals surface area contributed by atoms with Crippen LogP contribution in [0.15, 0.2) is 28.8 Å². The standard InChI is InChI=1S/C16H22N4O/c1-11-5-4-6-14(7-11)16-18-15(19-21-16)10-20-8-12(2)17-13(3)9-20/h4-7,12-13,17H,8-10H2,1-3H3. The van der Waals surface area contributed by atoms with E-state index >= 15 is 0 Å². The zero-order valence-corrected chi connectivity index (χ0v) is 12.8. The second-order valence-corrected chi connectivity index (χ2v) is 6.05. The summed E-state index contributed by atoms with van der Waals surface area (Å²) in [6.45, 7) is 9.24. The molecule has 3 rings (SSSR count). The Bertz CT molecular complexity index is 600. The molecule has 1 saturated heterocycles. The van der Waals surface area contributed by atoms with Gasteiger partial charge in [0.05, 0.1) is 6.54 Å². The van der Waals surface area contributed by atoms with Crippen LogP contribution in [-0.4, -0.2) is 40.2 Å². The third-order valence-electron chi connectivity index (χ3n) is 3.73. The van der Waals surface area contributed by atoms with Gasteiger partial charge in [0.25, 0.3) is 5.89 Å².